The van der Waals surface area contributed by atoms with E-state index in [9.17, 15) is 4.79 Å². The molecule has 1 amide bonds. The molecule has 0 aliphatic carbocycles. The number of anilines is 2. The van der Waals surface area contributed by atoms with E-state index < -0.39 is 0 Å². The van der Waals surface area contributed by atoms with E-state index >= 15 is 0 Å². The second-order valence-electron chi connectivity index (χ2n) is 3.85. The quantitative estimate of drug-likeness (QED) is 0.752. The van der Waals surface area contributed by atoms with Gasteiger partial charge in [-0.3, -0.25) is 4.79 Å². The third-order valence-corrected chi connectivity index (χ3v) is 2.49. The molecule has 0 aliphatic rings. The molecule has 100 valence electrons. The summed E-state index contributed by atoms with van der Waals surface area (Å²) in [6.45, 7) is 5.94. The SMILES string of the molecule is CCCNc1nccc(N(CC)CC(=O)NC)n1. The van der Waals surface area contributed by atoms with Crippen molar-refractivity contribution in [3.8, 4) is 0 Å². The maximum Gasteiger partial charge on any atom is 0.239 e. The maximum atomic E-state index is 11.4. The summed E-state index contributed by atoms with van der Waals surface area (Å²) in [6.07, 6.45) is 2.72. The van der Waals surface area contributed by atoms with Crippen LogP contribution in [0.3, 0.4) is 0 Å². The summed E-state index contributed by atoms with van der Waals surface area (Å²) in [7, 11) is 1.63. The molecule has 0 atom stereocenters. The second kappa shape index (κ2) is 7.47. The molecule has 0 bridgehead atoms. The van der Waals surface area contributed by atoms with E-state index in [4.69, 9.17) is 0 Å². The van der Waals surface area contributed by atoms with Crippen LogP contribution in [0.4, 0.5) is 11.8 Å². The number of hydrogen-bond donors (Lipinski definition) is 2. The molecule has 18 heavy (non-hydrogen) atoms. The number of amides is 1. The number of likely N-dealkylation sites (N-methyl/N-ethyl adjacent to an activating group) is 2. The predicted octanol–water partition coefficient (Wildman–Crippen LogP) is 0.871. The minimum absolute atomic E-state index is 0.0291. The van der Waals surface area contributed by atoms with E-state index in [1.165, 1.54) is 0 Å². The largest absolute Gasteiger partial charge is 0.358 e. The number of nitrogens with zero attached hydrogens (tertiary/aromatic N) is 3. The lowest BCUT2D eigenvalue weighted by Gasteiger charge is -2.21. The summed E-state index contributed by atoms with van der Waals surface area (Å²) in [4.78, 5) is 21.8. The van der Waals surface area contributed by atoms with Crippen LogP contribution >= 0.6 is 0 Å². The average Bonchev–Trinajstić information content (AvgIpc) is 2.42. The molecule has 0 unspecified atom stereocenters. The molecular formula is C12H21N5O. The summed E-state index contributed by atoms with van der Waals surface area (Å²) < 4.78 is 0. The zero-order valence-corrected chi connectivity index (χ0v) is 11.2. The molecule has 0 aliphatic heterocycles. The van der Waals surface area contributed by atoms with Crippen molar-refractivity contribution in [3.63, 3.8) is 0 Å². The first-order valence-corrected chi connectivity index (χ1v) is 6.23. The number of rotatable bonds is 7. The first-order chi connectivity index (χ1) is 8.71. The standard InChI is InChI=1S/C12H21N5O/c1-4-7-14-12-15-8-6-10(16-12)17(5-2)9-11(18)13-3/h6,8H,4-5,7,9H2,1-3H3,(H,13,18)(H,14,15,16). The average molecular weight is 251 g/mol. The Morgan fingerprint density at radius 1 is 1.44 bits per heavy atom. The van der Waals surface area contributed by atoms with Gasteiger partial charge in [0.05, 0.1) is 6.54 Å². The lowest BCUT2D eigenvalue weighted by molar-refractivity contribution is -0.119. The van der Waals surface area contributed by atoms with Crippen LogP contribution in [0.2, 0.25) is 0 Å². The molecule has 0 fully saturated rings. The van der Waals surface area contributed by atoms with E-state index in [0.29, 0.717) is 12.5 Å². The van der Waals surface area contributed by atoms with Crippen LogP contribution in [-0.4, -0.2) is 42.6 Å². The summed E-state index contributed by atoms with van der Waals surface area (Å²) in [6, 6.07) is 1.81. The first-order valence-electron chi connectivity index (χ1n) is 6.23. The number of nitrogens with one attached hydrogen (secondary N) is 2. The molecule has 0 aromatic carbocycles. The van der Waals surface area contributed by atoms with Crippen molar-refractivity contribution < 1.29 is 4.79 Å². The zero-order valence-electron chi connectivity index (χ0n) is 11.2. The predicted molar refractivity (Wildman–Crippen MR) is 72.8 cm³/mol. The van der Waals surface area contributed by atoms with Gasteiger partial charge in [-0.25, -0.2) is 4.98 Å². The Kier molecular flexibility index (Phi) is 5.90. The van der Waals surface area contributed by atoms with Crippen LogP contribution in [0.1, 0.15) is 20.3 Å². The van der Waals surface area contributed by atoms with Gasteiger partial charge < -0.3 is 15.5 Å². The van der Waals surface area contributed by atoms with Crippen LogP contribution < -0.4 is 15.5 Å². The van der Waals surface area contributed by atoms with Gasteiger partial charge in [0.1, 0.15) is 5.82 Å². The van der Waals surface area contributed by atoms with E-state index in [2.05, 4.69) is 27.5 Å². The monoisotopic (exact) mass is 251 g/mol. The lowest BCUT2D eigenvalue weighted by atomic mass is 10.4. The number of aromatic nitrogens is 2. The molecule has 2 N–H and O–H groups in total. The van der Waals surface area contributed by atoms with Gasteiger partial charge in [0.25, 0.3) is 0 Å². The van der Waals surface area contributed by atoms with Crippen molar-refractivity contribution >= 4 is 17.7 Å². The number of carbonyl (C=O) groups excluding carboxylic acids is 1. The highest BCUT2D eigenvalue weighted by molar-refractivity contribution is 5.80. The molecule has 6 heteroatoms. The van der Waals surface area contributed by atoms with Crippen LogP contribution in [0.25, 0.3) is 0 Å². The number of hydrogen-bond acceptors (Lipinski definition) is 5. The molecule has 0 saturated heterocycles. The molecule has 1 heterocycles. The normalized spacial score (nSPS) is 9.94. The minimum atomic E-state index is -0.0291. The smallest absolute Gasteiger partial charge is 0.239 e. The molecule has 0 radical (unpaired) electrons. The molecule has 1 rings (SSSR count). The fraction of sp³-hybridized carbons (Fsp3) is 0.583. The fourth-order valence-electron chi connectivity index (χ4n) is 1.45. The summed E-state index contributed by atoms with van der Waals surface area (Å²) >= 11 is 0. The van der Waals surface area contributed by atoms with Crippen LogP contribution in [0.15, 0.2) is 12.3 Å². The highest BCUT2D eigenvalue weighted by Crippen LogP contribution is 2.11. The Morgan fingerprint density at radius 3 is 2.83 bits per heavy atom. The van der Waals surface area contributed by atoms with E-state index in [0.717, 1.165) is 25.3 Å². The van der Waals surface area contributed by atoms with Gasteiger partial charge in [0, 0.05) is 26.3 Å². The summed E-state index contributed by atoms with van der Waals surface area (Å²) in [5.41, 5.74) is 0. The lowest BCUT2D eigenvalue weighted by Crippen LogP contribution is -2.36. The summed E-state index contributed by atoms with van der Waals surface area (Å²) in [5, 5.41) is 5.74. The second-order valence-corrected chi connectivity index (χ2v) is 3.85. The first kappa shape index (κ1) is 14.2. The van der Waals surface area contributed by atoms with Crippen molar-refractivity contribution in [1.29, 1.82) is 0 Å². The fourth-order valence-corrected chi connectivity index (χ4v) is 1.45. The van der Waals surface area contributed by atoms with Crippen molar-refractivity contribution in [2.24, 2.45) is 0 Å². The third-order valence-electron chi connectivity index (χ3n) is 2.49. The topological polar surface area (TPSA) is 70.2 Å². The molecule has 0 saturated carbocycles. The maximum absolute atomic E-state index is 11.4. The zero-order chi connectivity index (χ0) is 13.4. The van der Waals surface area contributed by atoms with E-state index in [1.54, 1.807) is 13.2 Å². The Hall–Kier alpha value is -1.85. The Balaban J connectivity index is 2.75. The number of carbonyl (C=O) groups is 1. The van der Waals surface area contributed by atoms with Crippen LogP contribution in [0.5, 0.6) is 0 Å². The highest BCUT2D eigenvalue weighted by atomic mass is 16.1. The van der Waals surface area contributed by atoms with Gasteiger partial charge in [-0.05, 0) is 19.4 Å². The van der Waals surface area contributed by atoms with Crippen molar-refractivity contribution in [2.45, 2.75) is 20.3 Å². The van der Waals surface area contributed by atoms with Gasteiger partial charge in [-0.2, -0.15) is 4.98 Å². The van der Waals surface area contributed by atoms with E-state index in [-0.39, 0.29) is 5.91 Å². The van der Waals surface area contributed by atoms with Gasteiger partial charge in [-0.15, -0.1) is 0 Å². The van der Waals surface area contributed by atoms with Crippen LogP contribution in [-0.2, 0) is 4.79 Å². The Labute approximate surface area is 108 Å². The minimum Gasteiger partial charge on any atom is -0.358 e. The Morgan fingerprint density at radius 2 is 2.22 bits per heavy atom. The van der Waals surface area contributed by atoms with Gasteiger partial charge in [0.15, 0.2) is 0 Å². The Bertz CT molecular complexity index is 382. The van der Waals surface area contributed by atoms with Crippen molar-refractivity contribution in [2.75, 3.05) is 36.9 Å². The molecule has 0 spiro atoms. The molecule has 6 nitrogen and oxygen atoms in total. The summed E-state index contributed by atoms with van der Waals surface area (Å²) in [5.74, 6) is 1.33. The molecule has 1 aromatic heterocycles. The molecule has 1 aromatic rings. The highest BCUT2D eigenvalue weighted by Gasteiger charge is 2.10. The van der Waals surface area contributed by atoms with E-state index in [1.807, 2.05) is 17.9 Å². The third kappa shape index (κ3) is 4.20. The van der Waals surface area contributed by atoms with Gasteiger partial charge in [0.2, 0.25) is 11.9 Å². The van der Waals surface area contributed by atoms with Crippen molar-refractivity contribution in [1.82, 2.24) is 15.3 Å². The van der Waals surface area contributed by atoms with Gasteiger partial charge >= 0.3 is 0 Å². The van der Waals surface area contributed by atoms with Crippen LogP contribution in [0, 0.1) is 0 Å². The molecular weight excluding hydrogens is 230 g/mol. The van der Waals surface area contributed by atoms with Crippen molar-refractivity contribution in [3.05, 3.63) is 12.3 Å². The van der Waals surface area contributed by atoms with Gasteiger partial charge in [-0.1, -0.05) is 6.92 Å².